The molecule has 1 N–H and O–H groups in total. The van der Waals surface area contributed by atoms with E-state index in [0.717, 1.165) is 11.1 Å². The number of benzene rings is 2. The summed E-state index contributed by atoms with van der Waals surface area (Å²) in [6, 6.07) is 20.6. The quantitative estimate of drug-likeness (QED) is 0.220. The topological polar surface area (TPSA) is 90.4 Å². The molecule has 0 aliphatic heterocycles. The van der Waals surface area contributed by atoms with Gasteiger partial charge in [0.05, 0.1) is 12.3 Å². The van der Waals surface area contributed by atoms with Gasteiger partial charge in [-0.25, -0.2) is 4.98 Å². The first kappa shape index (κ1) is 27.0. The summed E-state index contributed by atoms with van der Waals surface area (Å²) in [6.45, 7) is 11.1. The van der Waals surface area contributed by atoms with Gasteiger partial charge in [0.25, 0.3) is 5.43 Å². The fourth-order valence-electron chi connectivity index (χ4n) is 4.17. The predicted octanol–water partition coefficient (Wildman–Crippen LogP) is 6.01. The SMILES string of the molecule is CC(C)(C)[Si](C)(C)OC(Cc1ocnc1-c1nn(P)cc(O)c1=O)C(c1ccccc1)c1ccccc1. The molecule has 0 saturated carbocycles. The van der Waals surface area contributed by atoms with Gasteiger partial charge < -0.3 is 13.9 Å². The lowest BCUT2D eigenvalue weighted by Crippen LogP contribution is -2.46. The van der Waals surface area contributed by atoms with Crippen LogP contribution in [0.5, 0.6) is 5.75 Å². The first-order valence-corrected chi connectivity index (χ1v) is 15.7. The van der Waals surface area contributed by atoms with Crippen molar-refractivity contribution in [3.8, 4) is 17.1 Å². The maximum Gasteiger partial charge on any atom is 0.251 e. The van der Waals surface area contributed by atoms with Crippen molar-refractivity contribution in [1.82, 2.24) is 14.5 Å². The molecule has 4 rings (SSSR count). The third kappa shape index (κ3) is 5.93. The molecule has 0 radical (unpaired) electrons. The summed E-state index contributed by atoms with van der Waals surface area (Å²) in [6.07, 6.45) is 2.60. The second-order valence-corrected chi connectivity index (χ2v) is 16.0. The van der Waals surface area contributed by atoms with Crippen LogP contribution in [0.2, 0.25) is 18.1 Å². The average Bonchev–Trinajstić information content (AvgIpc) is 3.30. The van der Waals surface area contributed by atoms with Crippen LogP contribution >= 0.6 is 9.39 Å². The van der Waals surface area contributed by atoms with Crippen LogP contribution in [-0.4, -0.2) is 34.1 Å². The van der Waals surface area contributed by atoms with Crippen molar-refractivity contribution in [2.45, 2.75) is 57.3 Å². The molecule has 194 valence electrons. The molecule has 0 saturated heterocycles. The molecule has 2 aromatic carbocycles. The molecule has 4 aromatic rings. The van der Waals surface area contributed by atoms with Gasteiger partial charge >= 0.3 is 0 Å². The Kier molecular flexibility index (Phi) is 7.83. The highest BCUT2D eigenvalue weighted by Crippen LogP contribution is 2.41. The number of aromatic hydroxyl groups is 1. The third-order valence-corrected chi connectivity index (χ3v) is 11.9. The Morgan fingerprint density at radius 3 is 2.14 bits per heavy atom. The molecule has 2 heterocycles. The third-order valence-electron chi connectivity index (χ3n) is 7.11. The van der Waals surface area contributed by atoms with Gasteiger partial charge in [0, 0.05) is 12.3 Å². The molecule has 2 atom stereocenters. The van der Waals surface area contributed by atoms with Crippen molar-refractivity contribution >= 4 is 17.7 Å². The second-order valence-electron chi connectivity index (χ2n) is 10.7. The van der Waals surface area contributed by atoms with Crippen molar-refractivity contribution in [2.24, 2.45) is 0 Å². The minimum Gasteiger partial charge on any atom is -0.503 e. The molecular formula is C28H34N3O4PSi. The first-order valence-electron chi connectivity index (χ1n) is 12.3. The number of nitrogens with zero attached hydrogens (tertiary/aromatic N) is 3. The van der Waals surface area contributed by atoms with Crippen molar-refractivity contribution < 1.29 is 13.9 Å². The van der Waals surface area contributed by atoms with Crippen molar-refractivity contribution in [3.05, 3.63) is 100 Å². The predicted molar refractivity (Wildman–Crippen MR) is 151 cm³/mol. The number of oxazole rings is 1. The first-order chi connectivity index (χ1) is 17.5. The van der Waals surface area contributed by atoms with Crippen LogP contribution < -0.4 is 5.43 Å². The van der Waals surface area contributed by atoms with Gasteiger partial charge in [-0.2, -0.15) is 5.10 Å². The Bertz CT molecular complexity index is 1360. The second kappa shape index (κ2) is 10.7. The summed E-state index contributed by atoms with van der Waals surface area (Å²) in [5, 5.41) is 14.4. The highest BCUT2D eigenvalue weighted by molar-refractivity contribution is 7.14. The van der Waals surface area contributed by atoms with Gasteiger partial charge in [0.2, 0.25) is 0 Å². The fourth-order valence-corrected chi connectivity index (χ4v) is 5.75. The van der Waals surface area contributed by atoms with E-state index in [1.54, 1.807) is 0 Å². The van der Waals surface area contributed by atoms with E-state index in [9.17, 15) is 9.90 Å². The molecule has 0 fully saturated rings. The van der Waals surface area contributed by atoms with Crippen LogP contribution in [0.1, 0.15) is 43.6 Å². The molecule has 0 aliphatic rings. The standard InChI is InChI=1S/C28H34N3O4PSi/c1-28(2,3)37(4,5)35-22(24(19-12-8-6-9-13-19)20-14-10-7-11-15-20)16-23-25(29-18-34-23)26-27(33)21(32)17-31(36)30-26/h6-15,17-18,22,24,32H,16,36H2,1-5H3. The number of hydrogen-bond acceptors (Lipinski definition) is 6. The smallest absolute Gasteiger partial charge is 0.251 e. The molecule has 0 spiro atoms. The molecule has 0 aliphatic carbocycles. The highest BCUT2D eigenvalue weighted by atomic mass is 31.0. The van der Waals surface area contributed by atoms with Crippen LogP contribution in [0.3, 0.4) is 0 Å². The van der Waals surface area contributed by atoms with Crippen LogP contribution in [0, 0.1) is 0 Å². The van der Waals surface area contributed by atoms with Crippen LogP contribution in [-0.2, 0) is 10.8 Å². The zero-order valence-corrected chi connectivity index (χ0v) is 24.0. The van der Waals surface area contributed by atoms with Gasteiger partial charge in [-0.3, -0.25) is 9.25 Å². The molecule has 0 bridgehead atoms. The van der Waals surface area contributed by atoms with Gasteiger partial charge in [0.1, 0.15) is 11.5 Å². The van der Waals surface area contributed by atoms with Gasteiger partial charge in [-0.05, 0) is 38.6 Å². The Labute approximate surface area is 220 Å². The Morgan fingerprint density at radius 2 is 1.59 bits per heavy atom. The van der Waals surface area contributed by atoms with Gasteiger partial charge in [-0.15, -0.1) is 0 Å². The molecule has 2 unspecified atom stereocenters. The lowest BCUT2D eigenvalue weighted by atomic mass is 9.84. The zero-order valence-electron chi connectivity index (χ0n) is 21.9. The molecular weight excluding hydrogens is 501 g/mol. The molecule has 9 heteroatoms. The van der Waals surface area contributed by atoms with E-state index in [2.05, 4.69) is 77.6 Å². The largest absolute Gasteiger partial charge is 0.503 e. The number of rotatable bonds is 8. The summed E-state index contributed by atoms with van der Waals surface area (Å²) in [7, 11) is 0.0866. The summed E-state index contributed by atoms with van der Waals surface area (Å²) in [5.74, 6) is -0.0137. The minimum absolute atomic E-state index is 0.0205. The average molecular weight is 536 g/mol. The Balaban J connectivity index is 1.85. The maximum absolute atomic E-state index is 12.8. The molecule has 7 nitrogen and oxygen atoms in total. The van der Waals surface area contributed by atoms with Gasteiger partial charge in [0.15, 0.2) is 26.2 Å². The molecule has 2 aromatic heterocycles. The number of aromatic nitrogens is 3. The van der Waals surface area contributed by atoms with E-state index in [-0.39, 0.29) is 22.8 Å². The number of hydrogen-bond donors (Lipinski definition) is 1. The lowest BCUT2D eigenvalue weighted by molar-refractivity contribution is 0.157. The van der Waals surface area contributed by atoms with E-state index >= 15 is 0 Å². The van der Waals surface area contributed by atoms with E-state index in [1.807, 2.05) is 36.4 Å². The van der Waals surface area contributed by atoms with Crippen molar-refractivity contribution in [3.63, 3.8) is 0 Å². The summed E-state index contributed by atoms with van der Waals surface area (Å²) in [4.78, 5) is 17.1. The molecule has 37 heavy (non-hydrogen) atoms. The van der Waals surface area contributed by atoms with E-state index in [0.29, 0.717) is 17.9 Å². The highest BCUT2D eigenvalue weighted by Gasteiger charge is 2.42. The minimum atomic E-state index is -2.24. The monoisotopic (exact) mass is 535 g/mol. The van der Waals surface area contributed by atoms with E-state index in [4.69, 9.17) is 8.84 Å². The van der Waals surface area contributed by atoms with Crippen molar-refractivity contribution in [2.75, 3.05) is 0 Å². The van der Waals surface area contributed by atoms with Gasteiger partial charge in [-0.1, -0.05) is 81.4 Å². The fraction of sp³-hybridized carbons (Fsp3) is 0.321. The summed E-state index contributed by atoms with van der Waals surface area (Å²) >= 11 is 0. The van der Waals surface area contributed by atoms with Crippen LogP contribution in [0.25, 0.3) is 11.4 Å². The summed E-state index contributed by atoms with van der Waals surface area (Å²) in [5.41, 5.74) is 1.99. The normalized spacial score (nSPS) is 13.2. The summed E-state index contributed by atoms with van der Waals surface area (Å²) < 4.78 is 14.3. The zero-order chi connectivity index (χ0) is 26.8. The lowest BCUT2D eigenvalue weighted by Gasteiger charge is -2.41. The van der Waals surface area contributed by atoms with E-state index < -0.39 is 19.5 Å². The molecule has 0 amide bonds. The maximum atomic E-state index is 12.8. The van der Waals surface area contributed by atoms with Crippen LogP contribution in [0.15, 0.2) is 82.5 Å². The Hall–Kier alpha value is -3.06. The van der Waals surface area contributed by atoms with E-state index in [1.165, 1.54) is 17.0 Å². The Morgan fingerprint density at radius 1 is 1.03 bits per heavy atom. The van der Waals surface area contributed by atoms with Crippen LogP contribution in [0.4, 0.5) is 0 Å². The van der Waals surface area contributed by atoms with Crippen molar-refractivity contribution in [1.29, 1.82) is 0 Å².